The standard InChI is InChI=1S/C8H15N/c1-2-8-5-3-4-7(8)6-9-8/h7,9H,2-6H2,1H3. The maximum absolute atomic E-state index is 3.57. The van der Waals surface area contributed by atoms with Gasteiger partial charge in [-0.15, -0.1) is 0 Å². The van der Waals surface area contributed by atoms with Crippen LogP contribution < -0.4 is 5.32 Å². The molecule has 0 spiro atoms. The van der Waals surface area contributed by atoms with Crippen molar-refractivity contribution in [2.75, 3.05) is 6.54 Å². The average Bonchev–Trinajstić information content (AvgIpc) is 2.10. The van der Waals surface area contributed by atoms with E-state index in [0.29, 0.717) is 5.54 Å². The van der Waals surface area contributed by atoms with Crippen LogP contribution in [0.1, 0.15) is 32.6 Å². The van der Waals surface area contributed by atoms with Gasteiger partial charge in [0.25, 0.3) is 0 Å². The molecule has 1 heterocycles. The van der Waals surface area contributed by atoms with Crippen LogP contribution in [-0.2, 0) is 0 Å². The van der Waals surface area contributed by atoms with Gasteiger partial charge in [-0.3, -0.25) is 0 Å². The SMILES string of the molecule is CCC12CCCC1CN2. The molecule has 0 amide bonds. The molecule has 1 nitrogen and oxygen atoms in total. The molecule has 2 unspecified atom stereocenters. The summed E-state index contributed by atoms with van der Waals surface area (Å²) in [7, 11) is 0. The number of nitrogens with one attached hydrogen (secondary N) is 1. The molecule has 1 saturated heterocycles. The van der Waals surface area contributed by atoms with Crippen molar-refractivity contribution in [3.8, 4) is 0 Å². The molecule has 1 aliphatic heterocycles. The van der Waals surface area contributed by atoms with Crippen molar-refractivity contribution < 1.29 is 0 Å². The van der Waals surface area contributed by atoms with Crippen LogP contribution >= 0.6 is 0 Å². The van der Waals surface area contributed by atoms with E-state index in [9.17, 15) is 0 Å². The van der Waals surface area contributed by atoms with Crippen molar-refractivity contribution in [3.63, 3.8) is 0 Å². The second-order valence-electron chi connectivity index (χ2n) is 3.48. The van der Waals surface area contributed by atoms with E-state index in [0.717, 1.165) is 5.92 Å². The Balaban J connectivity index is 2.10. The highest BCUT2D eigenvalue weighted by atomic mass is 15.1. The van der Waals surface area contributed by atoms with Gasteiger partial charge in [0.1, 0.15) is 0 Å². The van der Waals surface area contributed by atoms with E-state index in [1.165, 1.54) is 32.2 Å². The molecule has 2 rings (SSSR count). The summed E-state index contributed by atoms with van der Waals surface area (Å²) >= 11 is 0. The second-order valence-corrected chi connectivity index (χ2v) is 3.48. The Hall–Kier alpha value is -0.0400. The van der Waals surface area contributed by atoms with Gasteiger partial charge in [-0.05, 0) is 25.2 Å². The predicted octanol–water partition coefficient (Wildman–Crippen LogP) is 1.54. The minimum Gasteiger partial charge on any atom is -0.311 e. The maximum Gasteiger partial charge on any atom is 0.0219 e. The van der Waals surface area contributed by atoms with Gasteiger partial charge in [0.15, 0.2) is 0 Å². The summed E-state index contributed by atoms with van der Waals surface area (Å²) in [6, 6.07) is 0. The number of hydrogen-bond acceptors (Lipinski definition) is 1. The lowest BCUT2D eigenvalue weighted by molar-refractivity contribution is 0.130. The van der Waals surface area contributed by atoms with Crippen molar-refractivity contribution in [1.29, 1.82) is 0 Å². The number of fused-ring (bicyclic) bond motifs is 1. The molecule has 1 N–H and O–H groups in total. The van der Waals surface area contributed by atoms with Crippen LogP contribution in [0, 0.1) is 5.92 Å². The number of rotatable bonds is 1. The van der Waals surface area contributed by atoms with E-state index in [-0.39, 0.29) is 0 Å². The Morgan fingerprint density at radius 1 is 1.67 bits per heavy atom. The monoisotopic (exact) mass is 125 g/mol. The zero-order valence-corrected chi connectivity index (χ0v) is 6.11. The van der Waals surface area contributed by atoms with Gasteiger partial charge in [-0.1, -0.05) is 13.3 Å². The molecule has 2 atom stereocenters. The summed E-state index contributed by atoms with van der Waals surface area (Å²) < 4.78 is 0. The zero-order chi connectivity index (χ0) is 6.32. The Kier molecular flexibility index (Phi) is 1.10. The van der Waals surface area contributed by atoms with Crippen molar-refractivity contribution in [2.24, 2.45) is 5.92 Å². The van der Waals surface area contributed by atoms with Crippen LogP contribution in [-0.4, -0.2) is 12.1 Å². The van der Waals surface area contributed by atoms with Crippen LogP contribution in [0.25, 0.3) is 0 Å². The predicted molar refractivity (Wildman–Crippen MR) is 38.4 cm³/mol. The minimum atomic E-state index is 0.625. The van der Waals surface area contributed by atoms with Crippen LogP contribution in [0.2, 0.25) is 0 Å². The lowest BCUT2D eigenvalue weighted by Crippen LogP contribution is -2.61. The molecule has 1 heteroatoms. The fourth-order valence-electron chi connectivity index (χ4n) is 2.46. The molecule has 2 aliphatic rings. The first-order valence-corrected chi connectivity index (χ1v) is 4.12. The molecule has 0 aromatic rings. The van der Waals surface area contributed by atoms with Gasteiger partial charge < -0.3 is 5.32 Å². The Morgan fingerprint density at radius 3 is 2.89 bits per heavy atom. The summed E-state index contributed by atoms with van der Waals surface area (Å²) in [6.45, 7) is 3.61. The van der Waals surface area contributed by atoms with Gasteiger partial charge in [0.05, 0.1) is 0 Å². The van der Waals surface area contributed by atoms with E-state index >= 15 is 0 Å². The molecule has 9 heavy (non-hydrogen) atoms. The summed E-state index contributed by atoms with van der Waals surface area (Å²) in [4.78, 5) is 0. The van der Waals surface area contributed by atoms with E-state index < -0.39 is 0 Å². The molecular formula is C8H15N. The zero-order valence-electron chi connectivity index (χ0n) is 6.11. The summed E-state index contributed by atoms with van der Waals surface area (Å²) in [5, 5.41) is 3.57. The van der Waals surface area contributed by atoms with E-state index in [1.807, 2.05) is 0 Å². The van der Waals surface area contributed by atoms with Crippen LogP contribution in [0.15, 0.2) is 0 Å². The summed E-state index contributed by atoms with van der Waals surface area (Å²) in [6.07, 6.45) is 5.73. The molecular weight excluding hydrogens is 110 g/mol. The highest BCUT2D eigenvalue weighted by Crippen LogP contribution is 2.43. The smallest absolute Gasteiger partial charge is 0.0219 e. The van der Waals surface area contributed by atoms with Crippen LogP contribution in [0.3, 0.4) is 0 Å². The Bertz CT molecular complexity index is 118. The minimum absolute atomic E-state index is 0.625. The van der Waals surface area contributed by atoms with Crippen molar-refractivity contribution in [1.82, 2.24) is 5.32 Å². The first kappa shape index (κ1) is 5.72. The molecule has 2 fully saturated rings. The quantitative estimate of drug-likeness (QED) is 0.560. The molecule has 0 bridgehead atoms. The number of hydrogen-bond donors (Lipinski definition) is 1. The fourth-order valence-corrected chi connectivity index (χ4v) is 2.46. The van der Waals surface area contributed by atoms with Crippen molar-refractivity contribution in [3.05, 3.63) is 0 Å². The fraction of sp³-hybridized carbons (Fsp3) is 1.00. The summed E-state index contributed by atoms with van der Waals surface area (Å²) in [5.41, 5.74) is 0.625. The highest BCUT2D eigenvalue weighted by molar-refractivity contribution is 5.06. The lowest BCUT2D eigenvalue weighted by Gasteiger charge is -2.46. The van der Waals surface area contributed by atoms with Crippen LogP contribution in [0.5, 0.6) is 0 Å². The molecule has 1 aliphatic carbocycles. The molecule has 0 radical (unpaired) electrons. The van der Waals surface area contributed by atoms with Crippen LogP contribution in [0.4, 0.5) is 0 Å². The highest BCUT2D eigenvalue weighted by Gasteiger charge is 2.47. The third-order valence-electron chi connectivity index (χ3n) is 3.29. The first-order valence-electron chi connectivity index (χ1n) is 4.12. The summed E-state index contributed by atoms with van der Waals surface area (Å²) in [5.74, 6) is 1.04. The van der Waals surface area contributed by atoms with Gasteiger partial charge in [-0.25, -0.2) is 0 Å². The Morgan fingerprint density at radius 2 is 2.56 bits per heavy atom. The van der Waals surface area contributed by atoms with Gasteiger partial charge >= 0.3 is 0 Å². The van der Waals surface area contributed by atoms with Gasteiger partial charge in [-0.2, -0.15) is 0 Å². The largest absolute Gasteiger partial charge is 0.311 e. The van der Waals surface area contributed by atoms with Gasteiger partial charge in [0, 0.05) is 12.1 Å². The van der Waals surface area contributed by atoms with E-state index in [2.05, 4.69) is 12.2 Å². The third kappa shape index (κ3) is 0.586. The molecule has 1 saturated carbocycles. The third-order valence-corrected chi connectivity index (χ3v) is 3.29. The van der Waals surface area contributed by atoms with E-state index in [4.69, 9.17) is 0 Å². The topological polar surface area (TPSA) is 12.0 Å². The maximum atomic E-state index is 3.57. The average molecular weight is 125 g/mol. The first-order chi connectivity index (χ1) is 4.37. The molecule has 0 aromatic carbocycles. The molecule has 52 valence electrons. The Labute approximate surface area is 56.8 Å². The normalized spacial score (nSPS) is 48.3. The second kappa shape index (κ2) is 1.72. The van der Waals surface area contributed by atoms with Gasteiger partial charge in [0.2, 0.25) is 0 Å². The lowest BCUT2D eigenvalue weighted by atomic mass is 9.77. The van der Waals surface area contributed by atoms with Crippen molar-refractivity contribution in [2.45, 2.75) is 38.1 Å². The molecule has 0 aromatic heterocycles. The van der Waals surface area contributed by atoms with Crippen molar-refractivity contribution >= 4 is 0 Å². The van der Waals surface area contributed by atoms with E-state index in [1.54, 1.807) is 0 Å².